The summed E-state index contributed by atoms with van der Waals surface area (Å²) < 4.78 is 5.40. The fourth-order valence-corrected chi connectivity index (χ4v) is 2.76. The highest BCUT2D eigenvalue weighted by atomic mass is 32.1. The number of thiazole rings is 1. The van der Waals surface area contributed by atoms with Crippen molar-refractivity contribution >= 4 is 16.5 Å². The minimum atomic E-state index is 0.631. The lowest BCUT2D eigenvalue weighted by atomic mass is 10.3. The maximum atomic E-state index is 5.40. The predicted molar refractivity (Wildman–Crippen MR) is 68.6 cm³/mol. The Kier molecular flexibility index (Phi) is 3.24. The summed E-state index contributed by atoms with van der Waals surface area (Å²) in [7, 11) is 0. The number of piperazine rings is 1. The number of rotatable bonds is 3. The van der Waals surface area contributed by atoms with E-state index in [0.717, 1.165) is 37.9 Å². The van der Waals surface area contributed by atoms with E-state index in [9.17, 15) is 0 Å². The Hall–Kier alpha value is -1.47. The van der Waals surface area contributed by atoms with Gasteiger partial charge in [0.15, 0.2) is 5.13 Å². The number of hydrogen-bond acceptors (Lipinski definition) is 7. The van der Waals surface area contributed by atoms with Gasteiger partial charge in [0.05, 0.1) is 6.54 Å². The van der Waals surface area contributed by atoms with E-state index in [0.29, 0.717) is 11.8 Å². The van der Waals surface area contributed by atoms with Crippen molar-refractivity contribution in [3.8, 4) is 0 Å². The van der Waals surface area contributed by atoms with Gasteiger partial charge in [-0.05, 0) is 0 Å². The highest BCUT2D eigenvalue weighted by Gasteiger charge is 2.20. The Morgan fingerprint density at radius 1 is 1.28 bits per heavy atom. The number of hydrogen-bond donors (Lipinski definition) is 0. The second-order valence-corrected chi connectivity index (χ2v) is 5.17. The second kappa shape index (κ2) is 5.03. The highest BCUT2D eigenvalue weighted by Crippen LogP contribution is 2.19. The largest absolute Gasteiger partial charge is 0.424 e. The van der Waals surface area contributed by atoms with Crippen LogP contribution in [0, 0.1) is 6.92 Å². The predicted octanol–water partition coefficient (Wildman–Crippen LogP) is 1.16. The van der Waals surface area contributed by atoms with E-state index in [1.54, 1.807) is 11.3 Å². The van der Waals surface area contributed by atoms with Crippen molar-refractivity contribution in [1.82, 2.24) is 20.1 Å². The van der Waals surface area contributed by atoms with Gasteiger partial charge in [0.2, 0.25) is 11.8 Å². The Morgan fingerprint density at radius 3 is 2.72 bits per heavy atom. The van der Waals surface area contributed by atoms with Crippen LogP contribution in [0.3, 0.4) is 0 Å². The maximum absolute atomic E-state index is 5.40. The minimum absolute atomic E-state index is 0.631. The fraction of sp³-hybridized carbons (Fsp3) is 0.545. The molecule has 0 atom stereocenters. The average Bonchev–Trinajstić information content (AvgIpc) is 3.02. The van der Waals surface area contributed by atoms with Gasteiger partial charge in [-0.15, -0.1) is 21.5 Å². The van der Waals surface area contributed by atoms with Crippen LogP contribution in [0.15, 0.2) is 16.0 Å². The highest BCUT2D eigenvalue weighted by molar-refractivity contribution is 7.13. The Labute approximate surface area is 109 Å². The van der Waals surface area contributed by atoms with Crippen LogP contribution in [0.1, 0.15) is 11.8 Å². The van der Waals surface area contributed by atoms with Crippen molar-refractivity contribution in [2.75, 3.05) is 31.1 Å². The average molecular weight is 265 g/mol. The molecule has 0 bridgehead atoms. The Bertz CT molecular complexity index is 489. The zero-order valence-corrected chi connectivity index (χ0v) is 11.1. The van der Waals surface area contributed by atoms with Crippen LogP contribution < -0.4 is 4.90 Å². The summed E-state index contributed by atoms with van der Waals surface area (Å²) in [5, 5.41) is 11.0. The number of anilines is 1. The summed E-state index contributed by atoms with van der Waals surface area (Å²) >= 11 is 1.69. The Balaban J connectivity index is 1.54. The molecular formula is C11H15N5OS. The van der Waals surface area contributed by atoms with Crippen LogP contribution in [0.2, 0.25) is 0 Å². The molecule has 1 fully saturated rings. The first-order valence-corrected chi connectivity index (χ1v) is 6.85. The summed E-state index contributed by atoms with van der Waals surface area (Å²) in [6.07, 6.45) is 1.85. The van der Waals surface area contributed by atoms with Crippen molar-refractivity contribution in [3.05, 3.63) is 23.4 Å². The minimum Gasteiger partial charge on any atom is -0.424 e. The lowest BCUT2D eigenvalue weighted by Crippen LogP contribution is -2.46. The van der Waals surface area contributed by atoms with E-state index < -0.39 is 0 Å². The first kappa shape index (κ1) is 11.6. The van der Waals surface area contributed by atoms with Crippen molar-refractivity contribution in [3.63, 3.8) is 0 Å². The molecule has 2 aromatic rings. The van der Waals surface area contributed by atoms with Crippen LogP contribution in [0.5, 0.6) is 0 Å². The molecular weight excluding hydrogens is 250 g/mol. The van der Waals surface area contributed by atoms with E-state index in [1.165, 1.54) is 0 Å². The number of aryl methyl sites for hydroxylation is 1. The maximum Gasteiger partial charge on any atom is 0.230 e. The van der Waals surface area contributed by atoms with Crippen LogP contribution in [0.4, 0.5) is 5.13 Å². The molecule has 0 N–H and O–H groups in total. The fourth-order valence-electron chi connectivity index (χ4n) is 2.06. The molecule has 1 aliphatic heterocycles. The lowest BCUT2D eigenvalue weighted by molar-refractivity contribution is 0.225. The van der Waals surface area contributed by atoms with E-state index in [4.69, 9.17) is 4.42 Å². The first-order valence-electron chi connectivity index (χ1n) is 5.97. The van der Waals surface area contributed by atoms with Gasteiger partial charge in [-0.3, -0.25) is 4.90 Å². The second-order valence-electron chi connectivity index (χ2n) is 4.29. The van der Waals surface area contributed by atoms with Gasteiger partial charge >= 0.3 is 0 Å². The summed E-state index contributed by atoms with van der Waals surface area (Å²) in [6, 6.07) is 0. The van der Waals surface area contributed by atoms with Crippen molar-refractivity contribution in [2.24, 2.45) is 0 Å². The van der Waals surface area contributed by atoms with Crippen LogP contribution in [-0.2, 0) is 6.54 Å². The van der Waals surface area contributed by atoms with Gasteiger partial charge in [0.1, 0.15) is 0 Å². The molecule has 7 heteroatoms. The van der Waals surface area contributed by atoms with Crippen molar-refractivity contribution in [2.45, 2.75) is 13.5 Å². The zero-order valence-electron chi connectivity index (χ0n) is 10.2. The topological polar surface area (TPSA) is 58.3 Å². The van der Waals surface area contributed by atoms with Gasteiger partial charge in [-0.1, -0.05) is 0 Å². The molecule has 0 saturated carbocycles. The molecule has 6 nitrogen and oxygen atoms in total. The summed E-state index contributed by atoms with van der Waals surface area (Å²) in [6.45, 7) is 6.56. The van der Waals surface area contributed by atoms with Crippen molar-refractivity contribution < 1.29 is 4.42 Å². The van der Waals surface area contributed by atoms with Crippen LogP contribution in [-0.4, -0.2) is 46.3 Å². The normalized spacial score (nSPS) is 17.3. The summed E-state index contributed by atoms with van der Waals surface area (Å²) in [4.78, 5) is 8.99. The standard InChI is InChI=1S/C11H15N5OS/c1-9-13-14-10(17-9)8-15-3-5-16(6-4-15)11-12-2-7-18-11/h2,7H,3-6,8H2,1H3. The molecule has 3 rings (SSSR count). The smallest absolute Gasteiger partial charge is 0.230 e. The van der Waals surface area contributed by atoms with Crippen LogP contribution >= 0.6 is 11.3 Å². The molecule has 3 heterocycles. The molecule has 96 valence electrons. The monoisotopic (exact) mass is 265 g/mol. The zero-order chi connectivity index (χ0) is 12.4. The molecule has 2 aromatic heterocycles. The molecule has 0 aliphatic carbocycles. The Morgan fingerprint density at radius 2 is 2.11 bits per heavy atom. The van der Waals surface area contributed by atoms with Gasteiger partial charge in [-0.25, -0.2) is 4.98 Å². The summed E-state index contributed by atoms with van der Waals surface area (Å²) in [5.41, 5.74) is 0. The number of nitrogens with zero attached hydrogens (tertiary/aromatic N) is 5. The molecule has 1 aliphatic rings. The van der Waals surface area contributed by atoms with Crippen LogP contribution in [0.25, 0.3) is 0 Å². The molecule has 1 saturated heterocycles. The molecule has 0 radical (unpaired) electrons. The summed E-state index contributed by atoms with van der Waals surface area (Å²) in [5.74, 6) is 1.33. The third kappa shape index (κ3) is 2.51. The van der Waals surface area contributed by atoms with Gasteiger partial charge < -0.3 is 9.32 Å². The quantitative estimate of drug-likeness (QED) is 0.830. The van der Waals surface area contributed by atoms with E-state index in [2.05, 4.69) is 25.0 Å². The third-order valence-corrected chi connectivity index (χ3v) is 3.82. The molecule has 18 heavy (non-hydrogen) atoms. The van der Waals surface area contributed by atoms with Gasteiger partial charge in [0.25, 0.3) is 0 Å². The third-order valence-electron chi connectivity index (χ3n) is 2.99. The van der Waals surface area contributed by atoms with Gasteiger partial charge in [-0.2, -0.15) is 0 Å². The SMILES string of the molecule is Cc1nnc(CN2CCN(c3nccs3)CC2)o1. The first-order chi connectivity index (χ1) is 8.81. The lowest BCUT2D eigenvalue weighted by Gasteiger charge is -2.33. The van der Waals surface area contributed by atoms with Gasteiger partial charge in [0, 0.05) is 44.7 Å². The number of aromatic nitrogens is 3. The molecule has 0 amide bonds. The molecule has 0 spiro atoms. The van der Waals surface area contributed by atoms with Crippen molar-refractivity contribution in [1.29, 1.82) is 0 Å². The molecule has 0 unspecified atom stereocenters. The van der Waals surface area contributed by atoms with E-state index >= 15 is 0 Å². The van der Waals surface area contributed by atoms with E-state index in [-0.39, 0.29) is 0 Å². The molecule has 0 aromatic carbocycles. The van der Waals surface area contributed by atoms with E-state index in [1.807, 2.05) is 18.5 Å².